The minimum Gasteiger partial charge on any atom is -0.466 e. The lowest BCUT2D eigenvalue weighted by Gasteiger charge is -2.07. The zero-order valence-electron chi connectivity index (χ0n) is 11.9. The van der Waals surface area contributed by atoms with Crippen LogP contribution in [0.2, 0.25) is 0 Å². The van der Waals surface area contributed by atoms with Crippen LogP contribution >= 0.6 is 0 Å². The van der Waals surface area contributed by atoms with E-state index in [-0.39, 0.29) is 24.8 Å². The second-order valence-electron chi connectivity index (χ2n) is 4.83. The van der Waals surface area contributed by atoms with Crippen molar-refractivity contribution in [2.24, 2.45) is 5.92 Å². The van der Waals surface area contributed by atoms with E-state index in [0.29, 0.717) is 19.1 Å². The number of esters is 2. The summed E-state index contributed by atoms with van der Waals surface area (Å²) in [7, 11) is 0. The van der Waals surface area contributed by atoms with Gasteiger partial charge in [0.1, 0.15) is 0 Å². The lowest BCUT2D eigenvalue weighted by Crippen LogP contribution is -2.12. The molecule has 0 aliphatic carbocycles. The highest BCUT2D eigenvalue weighted by Gasteiger charge is 2.09. The molecule has 0 radical (unpaired) electrons. The van der Waals surface area contributed by atoms with E-state index in [0.717, 1.165) is 25.7 Å². The van der Waals surface area contributed by atoms with Gasteiger partial charge in [-0.2, -0.15) is 0 Å². The Morgan fingerprint density at radius 1 is 0.944 bits per heavy atom. The van der Waals surface area contributed by atoms with E-state index < -0.39 is 0 Å². The molecular weight excluding hydrogens is 232 g/mol. The summed E-state index contributed by atoms with van der Waals surface area (Å²) in [5.41, 5.74) is 0. The van der Waals surface area contributed by atoms with Gasteiger partial charge in [-0.25, -0.2) is 0 Å². The molecule has 4 nitrogen and oxygen atoms in total. The summed E-state index contributed by atoms with van der Waals surface area (Å²) in [6.07, 6.45) is 4.13. The minimum atomic E-state index is -0.318. The second kappa shape index (κ2) is 11.1. The van der Waals surface area contributed by atoms with Crippen LogP contribution in [0.25, 0.3) is 0 Å². The van der Waals surface area contributed by atoms with Crippen LogP contribution < -0.4 is 0 Å². The zero-order chi connectivity index (χ0) is 13.8. The topological polar surface area (TPSA) is 52.6 Å². The summed E-state index contributed by atoms with van der Waals surface area (Å²) in [6, 6.07) is 0. The fourth-order valence-corrected chi connectivity index (χ4v) is 1.29. The molecule has 0 saturated heterocycles. The summed E-state index contributed by atoms with van der Waals surface area (Å²) < 4.78 is 9.99. The Kier molecular flexibility index (Phi) is 10.4. The first kappa shape index (κ1) is 16.9. The lowest BCUT2D eigenvalue weighted by atomic mass is 10.1. The molecule has 18 heavy (non-hydrogen) atoms. The second-order valence-corrected chi connectivity index (χ2v) is 4.83. The average molecular weight is 258 g/mol. The molecule has 0 spiro atoms. The Balaban J connectivity index is 3.44. The van der Waals surface area contributed by atoms with Crippen molar-refractivity contribution in [2.75, 3.05) is 13.2 Å². The molecule has 0 rings (SSSR count). The largest absolute Gasteiger partial charge is 0.466 e. The summed E-state index contributed by atoms with van der Waals surface area (Å²) in [5.74, 6) is -0.116. The number of hydrogen-bond acceptors (Lipinski definition) is 4. The number of rotatable bonds is 10. The molecule has 0 saturated carbocycles. The Bertz CT molecular complexity index is 236. The van der Waals surface area contributed by atoms with E-state index in [4.69, 9.17) is 9.47 Å². The number of hydrogen-bond donors (Lipinski definition) is 0. The zero-order valence-corrected chi connectivity index (χ0v) is 11.9. The minimum absolute atomic E-state index is 0.116. The number of unbranched alkanes of at least 4 members (excludes halogenated alkanes) is 2. The molecule has 0 fully saturated rings. The smallest absolute Gasteiger partial charge is 0.306 e. The van der Waals surface area contributed by atoms with Crippen molar-refractivity contribution in [2.45, 2.75) is 59.3 Å². The maximum atomic E-state index is 11.3. The van der Waals surface area contributed by atoms with Crippen molar-refractivity contribution in [3.63, 3.8) is 0 Å². The molecule has 0 aromatic rings. The highest BCUT2D eigenvalue weighted by atomic mass is 16.5. The molecule has 0 atom stereocenters. The van der Waals surface area contributed by atoms with Crippen LogP contribution in [0.1, 0.15) is 59.3 Å². The fraction of sp³-hybridized carbons (Fsp3) is 0.857. The van der Waals surface area contributed by atoms with Gasteiger partial charge < -0.3 is 9.47 Å². The molecule has 106 valence electrons. The number of ether oxygens (including phenoxy) is 2. The van der Waals surface area contributed by atoms with Crippen LogP contribution in [0.15, 0.2) is 0 Å². The SMILES string of the molecule is CCCCCOC(=O)CCC(=O)OCCC(C)C. The van der Waals surface area contributed by atoms with Crippen LogP contribution in [0.3, 0.4) is 0 Å². The van der Waals surface area contributed by atoms with E-state index in [1.807, 2.05) is 0 Å². The highest BCUT2D eigenvalue weighted by Crippen LogP contribution is 2.02. The lowest BCUT2D eigenvalue weighted by molar-refractivity contribution is -0.150. The van der Waals surface area contributed by atoms with E-state index in [2.05, 4.69) is 20.8 Å². The fourth-order valence-electron chi connectivity index (χ4n) is 1.29. The number of carbonyl (C=O) groups is 2. The van der Waals surface area contributed by atoms with Crippen molar-refractivity contribution in [3.05, 3.63) is 0 Å². The van der Waals surface area contributed by atoms with E-state index in [9.17, 15) is 9.59 Å². The summed E-state index contributed by atoms with van der Waals surface area (Å²) in [4.78, 5) is 22.5. The third kappa shape index (κ3) is 11.4. The molecular formula is C14H26O4. The third-order valence-electron chi connectivity index (χ3n) is 2.50. The van der Waals surface area contributed by atoms with Crippen LogP contribution in [-0.4, -0.2) is 25.2 Å². The van der Waals surface area contributed by atoms with Crippen LogP contribution in [0.5, 0.6) is 0 Å². The Morgan fingerprint density at radius 3 is 2.00 bits per heavy atom. The molecule has 0 amide bonds. The van der Waals surface area contributed by atoms with Crippen LogP contribution in [-0.2, 0) is 19.1 Å². The van der Waals surface area contributed by atoms with Gasteiger partial charge in [-0.15, -0.1) is 0 Å². The van der Waals surface area contributed by atoms with Crippen LogP contribution in [0.4, 0.5) is 0 Å². The van der Waals surface area contributed by atoms with Gasteiger partial charge in [-0.3, -0.25) is 9.59 Å². The molecule has 0 unspecified atom stereocenters. The molecule has 0 heterocycles. The van der Waals surface area contributed by atoms with Gasteiger partial charge in [0.05, 0.1) is 26.1 Å². The molecule has 0 bridgehead atoms. The van der Waals surface area contributed by atoms with Crippen molar-refractivity contribution >= 4 is 11.9 Å². The first-order valence-electron chi connectivity index (χ1n) is 6.87. The standard InChI is InChI=1S/C14H26O4/c1-4-5-6-10-17-13(15)7-8-14(16)18-11-9-12(2)3/h12H,4-11H2,1-3H3. The number of carbonyl (C=O) groups excluding carboxylic acids is 2. The molecule has 0 N–H and O–H groups in total. The quantitative estimate of drug-likeness (QED) is 0.446. The van der Waals surface area contributed by atoms with Crippen molar-refractivity contribution in [1.29, 1.82) is 0 Å². The maximum Gasteiger partial charge on any atom is 0.306 e. The van der Waals surface area contributed by atoms with Gasteiger partial charge in [0.2, 0.25) is 0 Å². The van der Waals surface area contributed by atoms with Crippen LogP contribution in [0, 0.1) is 5.92 Å². The summed E-state index contributed by atoms with van der Waals surface area (Å²) >= 11 is 0. The van der Waals surface area contributed by atoms with E-state index in [1.165, 1.54) is 0 Å². The van der Waals surface area contributed by atoms with E-state index in [1.54, 1.807) is 0 Å². The van der Waals surface area contributed by atoms with E-state index >= 15 is 0 Å². The van der Waals surface area contributed by atoms with Gasteiger partial charge in [-0.1, -0.05) is 33.6 Å². The van der Waals surface area contributed by atoms with Crippen molar-refractivity contribution in [1.82, 2.24) is 0 Å². The Labute approximate surface area is 110 Å². The van der Waals surface area contributed by atoms with Crippen molar-refractivity contribution in [3.8, 4) is 0 Å². The van der Waals surface area contributed by atoms with Gasteiger partial charge in [0, 0.05) is 0 Å². The molecule has 0 aliphatic heterocycles. The molecule has 0 aromatic carbocycles. The normalized spacial score (nSPS) is 10.4. The average Bonchev–Trinajstić information content (AvgIpc) is 2.31. The maximum absolute atomic E-state index is 11.3. The molecule has 0 aliphatic rings. The first-order chi connectivity index (χ1) is 8.56. The molecule has 0 aromatic heterocycles. The highest BCUT2D eigenvalue weighted by molar-refractivity contribution is 5.77. The predicted octanol–water partition coefficient (Wildman–Crippen LogP) is 3.09. The monoisotopic (exact) mass is 258 g/mol. The summed E-state index contributed by atoms with van der Waals surface area (Å²) in [6.45, 7) is 7.12. The van der Waals surface area contributed by atoms with Gasteiger partial charge >= 0.3 is 11.9 Å². The van der Waals surface area contributed by atoms with Gasteiger partial charge in [-0.05, 0) is 18.8 Å². The van der Waals surface area contributed by atoms with Crippen molar-refractivity contribution < 1.29 is 19.1 Å². The first-order valence-corrected chi connectivity index (χ1v) is 6.87. The summed E-state index contributed by atoms with van der Waals surface area (Å²) in [5, 5.41) is 0. The Morgan fingerprint density at radius 2 is 1.50 bits per heavy atom. The third-order valence-corrected chi connectivity index (χ3v) is 2.50. The molecule has 4 heteroatoms. The van der Waals surface area contributed by atoms with Gasteiger partial charge in [0.15, 0.2) is 0 Å². The van der Waals surface area contributed by atoms with Gasteiger partial charge in [0.25, 0.3) is 0 Å². The predicted molar refractivity (Wildman–Crippen MR) is 70.1 cm³/mol. The Hall–Kier alpha value is -1.06.